The van der Waals surface area contributed by atoms with Gasteiger partial charge in [0, 0.05) is 11.9 Å². The fourth-order valence-electron chi connectivity index (χ4n) is 1.34. The molecule has 0 fully saturated rings. The fourth-order valence-corrected chi connectivity index (χ4v) is 2.14. The van der Waals surface area contributed by atoms with Crippen LogP contribution in [0.15, 0.2) is 12.3 Å². The number of nitrogens with two attached hydrogens (primary N) is 1. The van der Waals surface area contributed by atoms with Crippen molar-refractivity contribution in [2.24, 2.45) is 0 Å². The van der Waals surface area contributed by atoms with E-state index in [9.17, 15) is 8.42 Å². The van der Waals surface area contributed by atoms with Gasteiger partial charge in [-0.2, -0.15) is 0 Å². The third kappa shape index (κ3) is 3.20. The summed E-state index contributed by atoms with van der Waals surface area (Å²) < 4.78 is 22.7. The molecule has 0 spiro atoms. The first-order valence-electron chi connectivity index (χ1n) is 4.86. The Morgan fingerprint density at radius 2 is 2.13 bits per heavy atom. The SMILES string of the molecule is CCS(=O)(=O)CCc1c(C)ccnc1N. The van der Waals surface area contributed by atoms with E-state index in [1.54, 1.807) is 13.1 Å². The highest BCUT2D eigenvalue weighted by Gasteiger charge is 2.11. The summed E-state index contributed by atoms with van der Waals surface area (Å²) >= 11 is 0. The first-order chi connectivity index (χ1) is 6.96. The van der Waals surface area contributed by atoms with Crippen molar-refractivity contribution in [3.8, 4) is 0 Å². The van der Waals surface area contributed by atoms with Gasteiger partial charge < -0.3 is 5.73 Å². The van der Waals surface area contributed by atoms with Gasteiger partial charge in [-0.1, -0.05) is 6.92 Å². The van der Waals surface area contributed by atoms with E-state index in [2.05, 4.69) is 4.98 Å². The Balaban J connectivity index is 2.82. The van der Waals surface area contributed by atoms with Crippen LogP contribution >= 0.6 is 0 Å². The molecule has 1 aromatic heterocycles. The Bertz CT molecular complexity index is 420. The van der Waals surface area contributed by atoms with Gasteiger partial charge in [-0.25, -0.2) is 13.4 Å². The van der Waals surface area contributed by atoms with Gasteiger partial charge in [-0.3, -0.25) is 0 Å². The van der Waals surface area contributed by atoms with Gasteiger partial charge in [0.1, 0.15) is 15.7 Å². The lowest BCUT2D eigenvalue weighted by Crippen LogP contribution is -2.12. The van der Waals surface area contributed by atoms with Crippen molar-refractivity contribution in [2.45, 2.75) is 20.3 Å². The van der Waals surface area contributed by atoms with Crippen molar-refractivity contribution >= 4 is 15.7 Å². The number of rotatable bonds is 4. The Morgan fingerprint density at radius 3 is 2.67 bits per heavy atom. The molecule has 1 rings (SSSR count). The molecule has 0 atom stereocenters. The van der Waals surface area contributed by atoms with E-state index in [4.69, 9.17) is 5.73 Å². The minimum absolute atomic E-state index is 0.139. The summed E-state index contributed by atoms with van der Waals surface area (Å²) in [7, 11) is -2.93. The average Bonchev–Trinajstić information content (AvgIpc) is 2.17. The lowest BCUT2D eigenvalue weighted by atomic mass is 10.1. The summed E-state index contributed by atoms with van der Waals surface area (Å²) in [6.45, 7) is 3.56. The van der Waals surface area contributed by atoms with E-state index in [-0.39, 0.29) is 11.5 Å². The number of aromatic nitrogens is 1. The Kier molecular flexibility index (Phi) is 3.68. The van der Waals surface area contributed by atoms with Crippen LogP contribution in [0.1, 0.15) is 18.1 Å². The normalized spacial score (nSPS) is 11.6. The molecule has 1 aromatic rings. The van der Waals surface area contributed by atoms with Gasteiger partial charge in [0.05, 0.1) is 5.75 Å². The number of sulfone groups is 1. The van der Waals surface area contributed by atoms with E-state index >= 15 is 0 Å². The molecule has 5 heteroatoms. The van der Waals surface area contributed by atoms with Crippen LogP contribution in [0.4, 0.5) is 5.82 Å². The van der Waals surface area contributed by atoms with E-state index in [0.717, 1.165) is 11.1 Å². The van der Waals surface area contributed by atoms with E-state index < -0.39 is 9.84 Å². The molecule has 0 radical (unpaired) electrons. The van der Waals surface area contributed by atoms with Gasteiger partial charge in [0.2, 0.25) is 0 Å². The molecule has 0 saturated carbocycles. The second-order valence-electron chi connectivity index (χ2n) is 3.48. The van der Waals surface area contributed by atoms with Crippen LogP contribution in [0.2, 0.25) is 0 Å². The third-order valence-corrected chi connectivity index (χ3v) is 4.13. The highest BCUT2D eigenvalue weighted by atomic mass is 32.2. The molecule has 0 amide bonds. The number of aryl methyl sites for hydroxylation is 1. The lowest BCUT2D eigenvalue weighted by Gasteiger charge is -2.07. The fraction of sp³-hybridized carbons (Fsp3) is 0.500. The molecule has 0 unspecified atom stereocenters. The molecule has 0 saturated heterocycles. The van der Waals surface area contributed by atoms with Gasteiger partial charge in [0.15, 0.2) is 0 Å². The lowest BCUT2D eigenvalue weighted by molar-refractivity contribution is 0.596. The molecule has 0 bridgehead atoms. The van der Waals surface area contributed by atoms with Crippen molar-refractivity contribution in [1.82, 2.24) is 4.98 Å². The topological polar surface area (TPSA) is 73.0 Å². The van der Waals surface area contributed by atoms with Gasteiger partial charge in [-0.15, -0.1) is 0 Å². The number of nitrogen functional groups attached to an aromatic ring is 1. The zero-order chi connectivity index (χ0) is 11.5. The molecule has 0 aliphatic rings. The molecule has 0 aliphatic heterocycles. The Labute approximate surface area is 90.4 Å². The number of anilines is 1. The predicted octanol–water partition coefficient (Wildman–Crippen LogP) is 0.949. The van der Waals surface area contributed by atoms with Crippen LogP contribution in [-0.2, 0) is 16.3 Å². The van der Waals surface area contributed by atoms with Crippen LogP contribution in [0, 0.1) is 6.92 Å². The predicted molar refractivity (Wildman–Crippen MR) is 61.4 cm³/mol. The number of nitrogens with zero attached hydrogens (tertiary/aromatic N) is 1. The van der Waals surface area contributed by atoms with Gasteiger partial charge in [0.25, 0.3) is 0 Å². The van der Waals surface area contributed by atoms with E-state index in [0.29, 0.717) is 12.2 Å². The summed E-state index contributed by atoms with van der Waals surface area (Å²) in [6.07, 6.45) is 2.07. The molecule has 0 aromatic carbocycles. The quantitative estimate of drug-likeness (QED) is 0.832. The molecule has 0 aliphatic carbocycles. The molecule has 84 valence electrons. The summed E-state index contributed by atoms with van der Waals surface area (Å²) in [6, 6.07) is 1.84. The highest BCUT2D eigenvalue weighted by Crippen LogP contribution is 2.14. The van der Waals surface area contributed by atoms with Crippen LogP contribution in [0.3, 0.4) is 0 Å². The Hall–Kier alpha value is -1.10. The summed E-state index contributed by atoms with van der Waals surface area (Å²) in [5, 5.41) is 0. The van der Waals surface area contributed by atoms with Crippen LogP contribution < -0.4 is 5.73 Å². The van der Waals surface area contributed by atoms with E-state index in [1.807, 2.05) is 13.0 Å². The molecule has 2 N–H and O–H groups in total. The molecule has 4 nitrogen and oxygen atoms in total. The van der Waals surface area contributed by atoms with Crippen molar-refractivity contribution in [1.29, 1.82) is 0 Å². The first kappa shape index (κ1) is 12.0. The smallest absolute Gasteiger partial charge is 0.150 e. The van der Waals surface area contributed by atoms with Gasteiger partial charge >= 0.3 is 0 Å². The van der Waals surface area contributed by atoms with Crippen LogP contribution in [0.5, 0.6) is 0 Å². The molecule has 15 heavy (non-hydrogen) atoms. The first-order valence-corrected chi connectivity index (χ1v) is 6.69. The zero-order valence-corrected chi connectivity index (χ0v) is 9.84. The maximum atomic E-state index is 11.3. The second-order valence-corrected chi connectivity index (χ2v) is 5.95. The molecular formula is C10H16N2O2S. The van der Waals surface area contributed by atoms with Crippen molar-refractivity contribution in [2.75, 3.05) is 17.2 Å². The maximum absolute atomic E-state index is 11.3. The van der Waals surface area contributed by atoms with E-state index in [1.165, 1.54) is 0 Å². The second kappa shape index (κ2) is 4.61. The highest BCUT2D eigenvalue weighted by molar-refractivity contribution is 7.91. The number of hydrogen-bond donors (Lipinski definition) is 1. The monoisotopic (exact) mass is 228 g/mol. The van der Waals surface area contributed by atoms with Gasteiger partial charge in [-0.05, 0) is 30.5 Å². The zero-order valence-electron chi connectivity index (χ0n) is 9.03. The summed E-state index contributed by atoms with van der Waals surface area (Å²) in [4.78, 5) is 3.95. The van der Waals surface area contributed by atoms with Crippen molar-refractivity contribution in [3.63, 3.8) is 0 Å². The number of pyridine rings is 1. The summed E-state index contributed by atoms with van der Waals surface area (Å²) in [5.74, 6) is 0.744. The van der Waals surface area contributed by atoms with Crippen molar-refractivity contribution < 1.29 is 8.42 Å². The van der Waals surface area contributed by atoms with Crippen LogP contribution in [-0.4, -0.2) is 24.9 Å². The minimum Gasteiger partial charge on any atom is -0.383 e. The Morgan fingerprint density at radius 1 is 1.47 bits per heavy atom. The van der Waals surface area contributed by atoms with Crippen LogP contribution in [0.25, 0.3) is 0 Å². The third-order valence-electron chi connectivity index (χ3n) is 2.43. The molecule has 1 heterocycles. The largest absolute Gasteiger partial charge is 0.383 e. The average molecular weight is 228 g/mol. The summed E-state index contributed by atoms with van der Waals surface area (Å²) in [5.41, 5.74) is 7.52. The van der Waals surface area contributed by atoms with Crippen molar-refractivity contribution in [3.05, 3.63) is 23.4 Å². The number of hydrogen-bond acceptors (Lipinski definition) is 4. The maximum Gasteiger partial charge on any atom is 0.150 e. The molecular weight excluding hydrogens is 212 g/mol. The minimum atomic E-state index is -2.93. The standard InChI is InChI=1S/C10H16N2O2S/c1-3-15(13,14)7-5-9-8(2)4-6-12-10(9)11/h4,6H,3,5,7H2,1-2H3,(H2,11,12).